The molecule has 20 heavy (non-hydrogen) atoms. The quantitative estimate of drug-likeness (QED) is 0.897. The number of ether oxygens (including phenoxy) is 1. The summed E-state index contributed by atoms with van der Waals surface area (Å²) in [4.78, 5) is 16.1. The first kappa shape index (κ1) is 13.9. The van der Waals surface area contributed by atoms with Crippen LogP contribution in [0.15, 0.2) is 42.6 Å². The van der Waals surface area contributed by atoms with Crippen molar-refractivity contribution in [1.82, 2.24) is 4.98 Å². The molecule has 1 atom stereocenters. The van der Waals surface area contributed by atoms with E-state index in [-0.39, 0.29) is 11.7 Å². The SMILES string of the molecule is Cc1ncccc1NC(=O)C(C)Oc1ccc(O)cc1. The Balaban J connectivity index is 1.99. The zero-order valence-corrected chi connectivity index (χ0v) is 11.3. The molecule has 2 aromatic rings. The maximum absolute atomic E-state index is 12.0. The van der Waals surface area contributed by atoms with Gasteiger partial charge in [-0.3, -0.25) is 9.78 Å². The number of hydrogen-bond acceptors (Lipinski definition) is 4. The molecular weight excluding hydrogens is 256 g/mol. The molecule has 104 valence electrons. The van der Waals surface area contributed by atoms with E-state index in [1.165, 1.54) is 12.1 Å². The number of benzene rings is 1. The van der Waals surface area contributed by atoms with Crippen LogP contribution < -0.4 is 10.1 Å². The Labute approximate surface area is 117 Å². The molecule has 1 unspecified atom stereocenters. The van der Waals surface area contributed by atoms with Gasteiger partial charge in [0.05, 0.1) is 11.4 Å². The minimum Gasteiger partial charge on any atom is -0.508 e. The Kier molecular flexibility index (Phi) is 4.20. The lowest BCUT2D eigenvalue weighted by molar-refractivity contribution is -0.122. The number of aromatic nitrogens is 1. The second kappa shape index (κ2) is 6.06. The maximum Gasteiger partial charge on any atom is 0.265 e. The summed E-state index contributed by atoms with van der Waals surface area (Å²) in [6, 6.07) is 9.76. The van der Waals surface area contributed by atoms with Gasteiger partial charge >= 0.3 is 0 Å². The van der Waals surface area contributed by atoms with Crippen molar-refractivity contribution in [3.8, 4) is 11.5 Å². The Hall–Kier alpha value is -2.56. The molecule has 0 aliphatic heterocycles. The van der Waals surface area contributed by atoms with Gasteiger partial charge < -0.3 is 15.2 Å². The Morgan fingerprint density at radius 3 is 2.65 bits per heavy atom. The highest BCUT2D eigenvalue weighted by molar-refractivity contribution is 5.94. The summed E-state index contributed by atoms with van der Waals surface area (Å²) in [5.41, 5.74) is 1.41. The Morgan fingerprint density at radius 2 is 2.00 bits per heavy atom. The van der Waals surface area contributed by atoms with Crippen molar-refractivity contribution in [2.45, 2.75) is 20.0 Å². The highest BCUT2D eigenvalue weighted by Gasteiger charge is 2.15. The number of aromatic hydroxyl groups is 1. The van der Waals surface area contributed by atoms with E-state index in [1.807, 2.05) is 6.92 Å². The van der Waals surface area contributed by atoms with Crippen LogP contribution in [0.1, 0.15) is 12.6 Å². The third-order valence-electron chi connectivity index (χ3n) is 2.78. The van der Waals surface area contributed by atoms with E-state index in [2.05, 4.69) is 10.3 Å². The molecule has 2 rings (SSSR count). The van der Waals surface area contributed by atoms with Crippen molar-refractivity contribution in [1.29, 1.82) is 0 Å². The summed E-state index contributed by atoms with van der Waals surface area (Å²) < 4.78 is 5.50. The fraction of sp³-hybridized carbons (Fsp3) is 0.200. The summed E-state index contributed by atoms with van der Waals surface area (Å²) in [6.45, 7) is 3.48. The summed E-state index contributed by atoms with van der Waals surface area (Å²) in [5, 5.41) is 11.9. The average Bonchev–Trinajstić information content (AvgIpc) is 2.44. The van der Waals surface area contributed by atoms with E-state index in [0.717, 1.165) is 5.69 Å². The molecule has 0 saturated carbocycles. The first-order valence-corrected chi connectivity index (χ1v) is 6.24. The van der Waals surface area contributed by atoms with Crippen LogP contribution in [0.4, 0.5) is 5.69 Å². The topological polar surface area (TPSA) is 71.5 Å². The molecule has 1 aromatic carbocycles. The number of nitrogens with one attached hydrogen (secondary N) is 1. The average molecular weight is 272 g/mol. The maximum atomic E-state index is 12.0. The minimum absolute atomic E-state index is 0.153. The number of phenolic OH excluding ortho intramolecular Hbond substituents is 1. The molecule has 0 radical (unpaired) electrons. The zero-order chi connectivity index (χ0) is 14.5. The summed E-state index contributed by atoms with van der Waals surface area (Å²) >= 11 is 0. The van der Waals surface area contributed by atoms with Crippen molar-refractivity contribution >= 4 is 11.6 Å². The van der Waals surface area contributed by atoms with Crippen LogP contribution in [0.3, 0.4) is 0 Å². The number of rotatable bonds is 4. The molecule has 1 aromatic heterocycles. The molecule has 0 spiro atoms. The number of pyridine rings is 1. The van der Waals surface area contributed by atoms with Gasteiger partial charge in [0.15, 0.2) is 6.10 Å². The number of nitrogens with zero attached hydrogens (tertiary/aromatic N) is 1. The number of aryl methyl sites for hydroxylation is 1. The van der Waals surface area contributed by atoms with Crippen LogP contribution in [-0.4, -0.2) is 22.1 Å². The predicted octanol–water partition coefficient (Wildman–Crippen LogP) is 2.50. The van der Waals surface area contributed by atoms with Crippen molar-refractivity contribution in [3.05, 3.63) is 48.3 Å². The lowest BCUT2D eigenvalue weighted by Gasteiger charge is -2.15. The molecule has 2 N–H and O–H groups in total. The van der Waals surface area contributed by atoms with Gasteiger partial charge in [0, 0.05) is 6.20 Å². The second-order valence-corrected chi connectivity index (χ2v) is 4.38. The molecule has 5 heteroatoms. The predicted molar refractivity (Wildman–Crippen MR) is 75.8 cm³/mol. The van der Waals surface area contributed by atoms with E-state index in [4.69, 9.17) is 4.74 Å². The Bertz CT molecular complexity index is 596. The summed E-state index contributed by atoms with van der Waals surface area (Å²) in [6.07, 6.45) is 1.01. The fourth-order valence-electron chi connectivity index (χ4n) is 1.63. The monoisotopic (exact) mass is 272 g/mol. The van der Waals surface area contributed by atoms with Gasteiger partial charge in [-0.25, -0.2) is 0 Å². The first-order chi connectivity index (χ1) is 9.56. The van der Waals surface area contributed by atoms with Crippen molar-refractivity contribution < 1.29 is 14.6 Å². The summed E-state index contributed by atoms with van der Waals surface area (Å²) in [7, 11) is 0. The van der Waals surface area contributed by atoms with Gasteiger partial charge in [-0.1, -0.05) is 0 Å². The lowest BCUT2D eigenvalue weighted by Crippen LogP contribution is -2.30. The third kappa shape index (κ3) is 3.47. The number of hydrogen-bond donors (Lipinski definition) is 2. The normalized spacial score (nSPS) is 11.7. The van der Waals surface area contributed by atoms with E-state index >= 15 is 0 Å². The van der Waals surface area contributed by atoms with Gasteiger partial charge in [-0.15, -0.1) is 0 Å². The van der Waals surface area contributed by atoms with E-state index in [1.54, 1.807) is 37.4 Å². The summed E-state index contributed by atoms with van der Waals surface area (Å²) in [5.74, 6) is 0.419. The lowest BCUT2D eigenvalue weighted by atomic mass is 10.3. The van der Waals surface area contributed by atoms with Crippen molar-refractivity contribution in [3.63, 3.8) is 0 Å². The van der Waals surface area contributed by atoms with Gasteiger partial charge in [-0.2, -0.15) is 0 Å². The molecule has 0 saturated heterocycles. The molecular formula is C15H16N2O3. The van der Waals surface area contributed by atoms with Gasteiger partial charge in [0.2, 0.25) is 0 Å². The second-order valence-electron chi connectivity index (χ2n) is 4.38. The van der Waals surface area contributed by atoms with Crippen LogP contribution in [0.25, 0.3) is 0 Å². The van der Waals surface area contributed by atoms with Crippen LogP contribution in [-0.2, 0) is 4.79 Å². The molecule has 0 bridgehead atoms. The van der Waals surface area contributed by atoms with E-state index < -0.39 is 6.10 Å². The molecule has 5 nitrogen and oxygen atoms in total. The zero-order valence-electron chi connectivity index (χ0n) is 11.3. The molecule has 0 aliphatic rings. The fourth-order valence-corrected chi connectivity index (χ4v) is 1.63. The number of phenols is 1. The number of amides is 1. The smallest absolute Gasteiger partial charge is 0.265 e. The standard InChI is InChI=1S/C15H16N2O3/c1-10-14(4-3-9-16-10)17-15(19)11(2)20-13-7-5-12(18)6-8-13/h3-9,11,18H,1-2H3,(H,17,19). The van der Waals surface area contributed by atoms with Gasteiger partial charge in [0.25, 0.3) is 5.91 Å². The third-order valence-corrected chi connectivity index (χ3v) is 2.78. The van der Waals surface area contributed by atoms with Crippen molar-refractivity contribution in [2.24, 2.45) is 0 Å². The van der Waals surface area contributed by atoms with E-state index in [9.17, 15) is 9.90 Å². The van der Waals surface area contributed by atoms with E-state index in [0.29, 0.717) is 11.4 Å². The molecule has 1 amide bonds. The highest BCUT2D eigenvalue weighted by atomic mass is 16.5. The Morgan fingerprint density at radius 1 is 1.30 bits per heavy atom. The van der Waals surface area contributed by atoms with Crippen LogP contribution >= 0.6 is 0 Å². The largest absolute Gasteiger partial charge is 0.508 e. The highest BCUT2D eigenvalue weighted by Crippen LogP contribution is 2.18. The molecule has 1 heterocycles. The molecule has 0 aliphatic carbocycles. The van der Waals surface area contributed by atoms with Crippen molar-refractivity contribution in [2.75, 3.05) is 5.32 Å². The minimum atomic E-state index is -0.654. The van der Waals surface area contributed by atoms with Crippen LogP contribution in [0.5, 0.6) is 11.5 Å². The van der Waals surface area contributed by atoms with Crippen LogP contribution in [0.2, 0.25) is 0 Å². The molecule has 0 fully saturated rings. The number of anilines is 1. The van der Waals surface area contributed by atoms with Gasteiger partial charge in [-0.05, 0) is 50.2 Å². The van der Waals surface area contributed by atoms with Crippen LogP contribution in [0, 0.1) is 6.92 Å². The van der Waals surface area contributed by atoms with Gasteiger partial charge in [0.1, 0.15) is 11.5 Å². The first-order valence-electron chi connectivity index (χ1n) is 6.24. The number of carbonyl (C=O) groups excluding carboxylic acids is 1. The number of carbonyl (C=O) groups is 1.